The minimum Gasteiger partial charge on any atom is -0.497 e. The average Bonchev–Trinajstić information content (AvgIpc) is 3.29. The van der Waals surface area contributed by atoms with Crippen LogP contribution in [0.25, 0.3) is 10.9 Å². The summed E-state index contributed by atoms with van der Waals surface area (Å²) in [6.45, 7) is 9.24. The Kier molecular flexibility index (Phi) is 8.35. The molecule has 0 atom stereocenters. The Balaban J connectivity index is 1.19. The van der Waals surface area contributed by atoms with Crippen molar-refractivity contribution >= 4 is 28.6 Å². The predicted octanol–water partition coefficient (Wildman–Crippen LogP) is 5.68. The van der Waals surface area contributed by atoms with Crippen LogP contribution < -0.4 is 14.8 Å². The number of aromatic nitrogens is 2. The van der Waals surface area contributed by atoms with Crippen LogP contribution in [0.3, 0.4) is 0 Å². The summed E-state index contributed by atoms with van der Waals surface area (Å²) in [5.74, 6) is 1.85. The van der Waals surface area contributed by atoms with Crippen molar-refractivity contribution in [2.45, 2.75) is 32.9 Å². The van der Waals surface area contributed by atoms with Crippen molar-refractivity contribution in [3.8, 4) is 17.4 Å². The molecule has 1 fully saturated rings. The molecule has 1 aliphatic rings. The highest BCUT2D eigenvalue weighted by Gasteiger charge is 2.25. The molecule has 1 aliphatic heterocycles. The van der Waals surface area contributed by atoms with E-state index in [9.17, 15) is 9.59 Å². The maximum atomic E-state index is 13.5. The van der Waals surface area contributed by atoms with E-state index in [0.717, 1.165) is 36.3 Å². The van der Waals surface area contributed by atoms with Gasteiger partial charge in [-0.2, -0.15) is 0 Å². The highest BCUT2D eigenvalue weighted by Crippen LogP contribution is 2.28. The van der Waals surface area contributed by atoms with Crippen LogP contribution in [0.5, 0.6) is 17.4 Å². The van der Waals surface area contributed by atoms with Crippen LogP contribution in [0.1, 0.15) is 36.8 Å². The number of rotatable bonds is 7. The van der Waals surface area contributed by atoms with Gasteiger partial charge in [0, 0.05) is 56.7 Å². The highest BCUT2D eigenvalue weighted by molar-refractivity contribution is 5.99. The molecular weight excluding hydrogens is 534 g/mol. The number of methoxy groups -OCH3 is 1. The number of benzene rings is 2. The average molecular weight is 572 g/mol. The maximum absolute atomic E-state index is 13.5. The van der Waals surface area contributed by atoms with E-state index in [1.54, 1.807) is 40.0 Å². The number of hydrogen-bond acceptors (Lipinski definition) is 7. The minimum absolute atomic E-state index is 0.0232. The number of fused-ring (bicyclic) bond motifs is 1. The Morgan fingerprint density at radius 3 is 2.29 bits per heavy atom. The standard InChI is InChI=1S/C32H37N5O5/c1-32(2,3)42-31(39)34-24-8-13-29(33-20-24)41-26-11-12-27-23(18-26)19-28(35(27)4)30(38)37-16-14-36(15-17-37)21-22-6-9-25(40-5)10-7-22/h6-13,18-20H,14-17,21H2,1-5H3,(H,34,39). The molecular formula is C32H37N5O5. The maximum Gasteiger partial charge on any atom is 0.412 e. The minimum atomic E-state index is -0.589. The largest absolute Gasteiger partial charge is 0.497 e. The first-order valence-electron chi connectivity index (χ1n) is 14.0. The van der Waals surface area contributed by atoms with Gasteiger partial charge in [0.1, 0.15) is 22.8 Å². The molecule has 0 unspecified atom stereocenters. The zero-order valence-corrected chi connectivity index (χ0v) is 24.7. The highest BCUT2D eigenvalue weighted by atomic mass is 16.6. The molecule has 1 N–H and O–H groups in total. The van der Waals surface area contributed by atoms with E-state index in [1.165, 1.54) is 11.8 Å². The van der Waals surface area contributed by atoms with Gasteiger partial charge in [0.25, 0.3) is 5.91 Å². The lowest BCUT2D eigenvalue weighted by Crippen LogP contribution is -2.48. The summed E-state index contributed by atoms with van der Waals surface area (Å²) in [4.78, 5) is 34.0. The van der Waals surface area contributed by atoms with E-state index in [0.29, 0.717) is 36.1 Å². The number of carbonyl (C=O) groups excluding carboxylic acids is 2. The second kappa shape index (κ2) is 12.1. The van der Waals surface area contributed by atoms with Crippen molar-refractivity contribution in [1.29, 1.82) is 0 Å². The zero-order valence-electron chi connectivity index (χ0n) is 24.7. The Labute approximate surface area is 245 Å². The van der Waals surface area contributed by atoms with E-state index in [-0.39, 0.29) is 5.91 Å². The van der Waals surface area contributed by atoms with Gasteiger partial charge in [-0.25, -0.2) is 9.78 Å². The zero-order chi connectivity index (χ0) is 29.9. The molecule has 2 aromatic heterocycles. The summed E-state index contributed by atoms with van der Waals surface area (Å²) < 4.78 is 18.4. The number of amides is 2. The summed E-state index contributed by atoms with van der Waals surface area (Å²) in [5.41, 5.74) is 2.72. The number of nitrogens with zero attached hydrogens (tertiary/aromatic N) is 4. The van der Waals surface area contributed by atoms with Crippen molar-refractivity contribution in [3.63, 3.8) is 0 Å². The van der Waals surface area contributed by atoms with E-state index in [2.05, 4.69) is 27.3 Å². The number of hydrogen-bond donors (Lipinski definition) is 1. The number of anilines is 1. The molecule has 0 radical (unpaired) electrons. The van der Waals surface area contributed by atoms with Crippen LogP contribution in [-0.2, 0) is 18.3 Å². The van der Waals surface area contributed by atoms with Crippen LogP contribution in [0.4, 0.5) is 10.5 Å². The van der Waals surface area contributed by atoms with Crippen LogP contribution in [0.2, 0.25) is 0 Å². The van der Waals surface area contributed by atoms with Crippen molar-refractivity contribution in [3.05, 3.63) is 78.1 Å². The number of pyridine rings is 1. The molecule has 220 valence electrons. The van der Waals surface area contributed by atoms with Crippen LogP contribution >= 0.6 is 0 Å². The Bertz CT molecular complexity index is 1550. The Morgan fingerprint density at radius 2 is 1.64 bits per heavy atom. The van der Waals surface area contributed by atoms with Gasteiger partial charge in [-0.3, -0.25) is 15.0 Å². The number of piperazine rings is 1. The Morgan fingerprint density at radius 1 is 0.929 bits per heavy atom. The van der Waals surface area contributed by atoms with Crippen molar-refractivity contribution < 1.29 is 23.8 Å². The first-order valence-corrected chi connectivity index (χ1v) is 14.0. The molecule has 0 aliphatic carbocycles. The molecule has 0 spiro atoms. The van der Waals surface area contributed by atoms with Crippen molar-refractivity contribution in [1.82, 2.24) is 19.4 Å². The fraction of sp³-hybridized carbons (Fsp3) is 0.344. The molecule has 0 bridgehead atoms. The van der Waals surface area contributed by atoms with Gasteiger partial charge in [0.2, 0.25) is 5.88 Å². The molecule has 2 amide bonds. The number of nitrogens with one attached hydrogen (secondary N) is 1. The first kappa shape index (κ1) is 28.9. The molecule has 1 saturated heterocycles. The van der Waals surface area contributed by atoms with Gasteiger partial charge >= 0.3 is 6.09 Å². The number of aryl methyl sites for hydroxylation is 1. The van der Waals surface area contributed by atoms with E-state index in [1.807, 2.05) is 52.9 Å². The van der Waals surface area contributed by atoms with Gasteiger partial charge in [0.05, 0.1) is 19.0 Å². The molecule has 10 nitrogen and oxygen atoms in total. The third-order valence-corrected chi connectivity index (χ3v) is 7.06. The third kappa shape index (κ3) is 7.01. The van der Waals surface area contributed by atoms with E-state index in [4.69, 9.17) is 14.2 Å². The normalized spacial score (nSPS) is 14.1. The topological polar surface area (TPSA) is 98.2 Å². The lowest BCUT2D eigenvalue weighted by Gasteiger charge is -2.34. The van der Waals surface area contributed by atoms with Crippen LogP contribution in [0.15, 0.2) is 66.9 Å². The second-order valence-electron chi connectivity index (χ2n) is 11.3. The first-order chi connectivity index (χ1) is 20.1. The molecule has 4 aromatic rings. The van der Waals surface area contributed by atoms with Gasteiger partial charge in [0.15, 0.2) is 0 Å². The molecule has 3 heterocycles. The molecule has 5 rings (SSSR count). The SMILES string of the molecule is COc1ccc(CN2CCN(C(=O)c3cc4cc(Oc5ccc(NC(=O)OC(C)(C)C)cn5)ccc4n3C)CC2)cc1. The summed E-state index contributed by atoms with van der Waals surface area (Å²) in [6.07, 6.45) is 0.960. The van der Waals surface area contributed by atoms with Crippen LogP contribution in [0, 0.1) is 0 Å². The lowest BCUT2D eigenvalue weighted by atomic mass is 10.2. The molecule has 0 saturated carbocycles. The van der Waals surface area contributed by atoms with E-state index < -0.39 is 11.7 Å². The fourth-order valence-electron chi connectivity index (χ4n) is 4.91. The summed E-state index contributed by atoms with van der Waals surface area (Å²) in [7, 11) is 3.58. The third-order valence-electron chi connectivity index (χ3n) is 7.06. The van der Waals surface area contributed by atoms with Crippen LogP contribution in [-0.4, -0.2) is 70.2 Å². The fourth-order valence-corrected chi connectivity index (χ4v) is 4.91. The van der Waals surface area contributed by atoms with Gasteiger partial charge in [-0.1, -0.05) is 12.1 Å². The number of carbonyl (C=O) groups is 2. The quantitative estimate of drug-likeness (QED) is 0.305. The van der Waals surface area contributed by atoms with Gasteiger partial charge in [-0.05, 0) is 68.8 Å². The molecule has 42 heavy (non-hydrogen) atoms. The van der Waals surface area contributed by atoms with Crippen molar-refractivity contribution in [2.24, 2.45) is 7.05 Å². The van der Waals surface area contributed by atoms with Gasteiger partial charge in [-0.15, -0.1) is 0 Å². The summed E-state index contributed by atoms with van der Waals surface area (Å²) >= 11 is 0. The molecule has 2 aromatic carbocycles. The van der Waals surface area contributed by atoms with E-state index >= 15 is 0 Å². The summed E-state index contributed by atoms with van der Waals surface area (Å²) in [5, 5.41) is 3.56. The smallest absolute Gasteiger partial charge is 0.412 e. The Hall–Kier alpha value is -4.57. The predicted molar refractivity (Wildman–Crippen MR) is 161 cm³/mol. The number of ether oxygens (including phenoxy) is 3. The van der Waals surface area contributed by atoms with Crippen molar-refractivity contribution in [2.75, 3.05) is 38.6 Å². The molecule has 10 heteroatoms. The van der Waals surface area contributed by atoms with Gasteiger partial charge < -0.3 is 23.7 Å². The summed E-state index contributed by atoms with van der Waals surface area (Å²) in [6, 6.07) is 19.1. The monoisotopic (exact) mass is 571 g/mol. The second-order valence-corrected chi connectivity index (χ2v) is 11.3. The lowest BCUT2D eigenvalue weighted by molar-refractivity contribution is 0.0616.